The molecule has 0 spiro atoms. The molecule has 1 aliphatic rings. The van der Waals surface area contributed by atoms with Gasteiger partial charge < -0.3 is 4.98 Å². The average Bonchev–Trinajstić information content (AvgIpc) is 3.06. The number of nitrogens with zero attached hydrogens (tertiary/aromatic N) is 2. The SMILES string of the molecule is FC(F)(F)c1ccc(CN2CCN(Cc3c[nH]c4ccccc34)CC2)cc1. The van der Waals surface area contributed by atoms with Crippen molar-refractivity contribution >= 4 is 10.9 Å². The van der Waals surface area contributed by atoms with Crippen LogP contribution in [0.15, 0.2) is 54.7 Å². The molecule has 3 nitrogen and oxygen atoms in total. The van der Waals surface area contributed by atoms with Gasteiger partial charge in [0.05, 0.1) is 5.56 Å². The molecule has 1 aromatic heterocycles. The summed E-state index contributed by atoms with van der Waals surface area (Å²) in [6.07, 6.45) is -2.19. The molecule has 0 unspecified atom stereocenters. The standard InChI is InChI=1S/C21H22F3N3/c22-21(23,24)18-7-5-16(6-8-18)14-26-9-11-27(12-10-26)15-17-13-25-20-4-2-1-3-19(17)20/h1-8,13,25H,9-12,14-15H2. The van der Waals surface area contributed by atoms with Gasteiger partial charge in [-0.3, -0.25) is 9.80 Å². The topological polar surface area (TPSA) is 22.3 Å². The van der Waals surface area contributed by atoms with Gasteiger partial charge in [0, 0.05) is 56.4 Å². The smallest absolute Gasteiger partial charge is 0.361 e. The first-order valence-corrected chi connectivity index (χ1v) is 9.15. The average molecular weight is 373 g/mol. The fourth-order valence-corrected chi connectivity index (χ4v) is 3.67. The number of piperazine rings is 1. The highest BCUT2D eigenvalue weighted by atomic mass is 19.4. The molecule has 0 saturated carbocycles. The van der Waals surface area contributed by atoms with Gasteiger partial charge in [-0.25, -0.2) is 0 Å². The molecule has 0 aliphatic carbocycles. The lowest BCUT2D eigenvalue weighted by atomic mass is 10.1. The number of benzene rings is 2. The van der Waals surface area contributed by atoms with Crippen LogP contribution in [-0.2, 0) is 19.3 Å². The van der Waals surface area contributed by atoms with E-state index in [1.165, 1.54) is 23.1 Å². The number of H-pyrrole nitrogens is 1. The normalized spacial score (nSPS) is 16.9. The molecule has 6 heteroatoms. The van der Waals surface area contributed by atoms with E-state index in [9.17, 15) is 13.2 Å². The van der Waals surface area contributed by atoms with Crippen LogP contribution in [0.5, 0.6) is 0 Å². The Morgan fingerprint density at radius 3 is 2.11 bits per heavy atom. The van der Waals surface area contributed by atoms with Crippen molar-refractivity contribution in [3.63, 3.8) is 0 Å². The predicted molar refractivity (Wildman–Crippen MR) is 100 cm³/mol. The number of para-hydroxylation sites is 1. The van der Waals surface area contributed by atoms with Crippen LogP contribution in [0.2, 0.25) is 0 Å². The van der Waals surface area contributed by atoms with Crippen molar-refractivity contribution in [1.82, 2.24) is 14.8 Å². The highest BCUT2D eigenvalue weighted by molar-refractivity contribution is 5.82. The van der Waals surface area contributed by atoms with Crippen LogP contribution in [0.25, 0.3) is 10.9 Å². The number of nitrogens with one attached hydrogen (secondary N) is 1. The van der Waals surface area contributed by atoms with Crippen LogP contribution in [0.3, 0.4) is 0 Å². The maximum absolute atomic E-state index is 12.7. The Labute approximate surface area is 156 Å². The van der Waals surface area contributed by atoms with Crippen LogP contribution in [-0.4, -0.2) is 41.0 Å². The third-order valence-electron chi connectivity index (χ3n) is 5.22. The van der Waals surface area contributed by atoms with E-state index < -0.39 is 11.7 Å². The Balaban J connectivity index is 1.31. The Bertz CT molecular complexity index is 891. The fraction of sp³-hybridized carbons (Fsp3) is 0.333. The van der Waals surface area contributed by atoms with Crippen molar-refractivity contribution in [2.75, 3.05) is 26.2 Å². The zero-order chi connectivity index (χ0) is 18.9. The Hall–Kier alpha value is -2.31. The molecule has 0 radical (unpaired) electrons. The highest BCUT2D eigenvalue weighted by Crippen LogP contribution is 2.29. The molecule has 0 bridgehead atoms. The largest absolute Gasteiger partial charge is 0.416 e. The van der Waals surface area contributed by atoms with E-state index in [2.05, 4.69) is 39.2 Å². The number of hydrogen-bond donors (Lipinski definition) is 1. The number of hydrogen-bond acceptors (Lipinski definition) is 2. The van der Waals surface area contributed by atoms with Crippen LogP contribution in [0.4, 0.5) is 13.2 Å². The van der Waals surface area contributed by atoms with E-state index in [1.54, 1.807) is 12.1 Å². The van der Waals surface area contributed by atoms with Crippen molar-refractivity contribution in [2.45, 2.75) is 19.3 Å². The first-order chi connectivity index (χ1) is 13.0. The molecule has 27 heavy (non-hydrogen) atoms. The third-order valence-corrected chi connectivity index (χ3v) is 5.22. The maximum Gasteiger partial charge on any atom is 0.416 e. The van der Waals surface area contributed by atoms with Gasteiger partial charge in [-0.2, -0.15) is 13.2 Å². The molecule has 1 saturated heterocycles. The van der Waals surface area contributed by atoms with Gasteiger partial charge in [-0.05, 0) is 29.3 Å². The quantitative estimate of drug-likeness (QED) is 0.727. The number of halogens is 3. The molecule has 4 rings (SSSR count). The van der Waals surface area contributed by atoms with Crippen molar-refractivity contribution in [2.24, 2.45) is 0 Å². The molecule has 3 aromatic rings. The second-order valence-corrected chi connectivity index (χ2v) is 7.11. The number of alkyl halides is 3. The Kier molecular flexibility index (Phi) is 4.93. The summed E-state index contributed by atoms with van der Waals surface area (Å²) in [6, 6.07) is 13.8. The van der Waals surface area contributed by atoms with Gasteiger partial charge in [0.1, 0.15) is 0 Å². The molecule has 2 aromatic carbocycles. The van der Waals surface area contributed by atoms with Gasteiger partial charge >= 0.3 is 6.18 Å². The second-order valence-electron chi connectivity index (χ2n) is 7.11. The Morgan fingerprint density at radius 1 is 0.815 bits per heavy atom. The summed E-state index contributed by atoms with van der Waals surface area (Å²) in [5, 5.41) is 1.27. The summed E-state index contributed by atoms with van der Waals surface area (Å²) in [5.41, 5.74) is 2.80. The molecular weight excluding hydrogens is 351 g/mol. The van der Waals surface area contributed by atoms with Crippen molar-refractivity contribution in [3.05, 3.63) is 71.4 Å². The van der Waals surface area contributed by atoms with E-state index in [1.807, 2.05) is 6.07 Å². The van der Waals surface area contributed by atoms with Gasteiger partial charge in [-0.15, -0.1) is 0 Å². The lowest BCUT2D eigenvalue weighted by molar-refractivity contribution is -0.137. The summed E-state index contributed by atoms with van der Waals surface area (Å²) < 4.78 is 38.0. The minimum absolute atomic E-state index is 0.588. The molecule has 0 amide bonds. The molecule has 0 atom stereocenters. The molecule has 1 N–H and O–H groups in total. The molecule has 1 fully saturated rings. The lowest BCUT2D eigenvalue weighted by Gasteiger charge is -2.34. The molecule has 2 heterocycles. The van der Waals surface area contributed by atoms with Crippen molar-refractivity contribution in [1.29, 1.82) is 0 Å². The summed E-state index contributed by atoms with van der Waals surface area (Å²) in [5.74, 6) is 0. The van der Waals surface area contributed by atoms with Crippen molar-refractivity contribution < 1.29 is 13.2 Å². The summed E-state index contributed by atoms with van der Waals surface area (Å²) in [7, 11) is 0. The highest BCUT2D eigenvalue weighted by Gasteiger charge is 2.30. The van der Waals surface area contributed by atoms with Crippen LogP contribution < -0.4 is 0 Å². The van der Waals surface area contributed by atoms with E-state index in [-0.39, 0.29) is 0 Å². The first-order valence-electron chi connectivity index (χ1n) is 9.15. The minimum atomic E-state index is -4.27. The van der Waals surface area contributed by atoms with Gasteiger partial charge in [0.25, 0.3) is 0 Å². The predicted octanol–water partition coefficient (Wildman–Crippen LogP) is 4.50. The summed E-state index contributed by atoms with van der Waals surface area (Å²) in [4.78, 5) is 8.05. The fourth-order valence-electron chi connectivity index (χ4n) is 3.67. The van der Waals surface area contributed by atoms with Gasteiger partial charge in [0.15, 0.2) is 0 Å². The number of fused-ring (bicyclic) bond motifs is 1. The zero-order valence-electron chi connectivity index (χ0n) is 15.0. The van der Waals surface area contributed by atoms with Crippen molar-refractivity contribution in [3.8, 4) is 0 Å². The monoisotopic (exact) mass is 373 g/mol. The molecule has 142 valence electrons. The molecule has 1 aliphatic heterocycles. The summed E-state index contributed by atoms with van der Waals surface area (Å²) in [6.45, 7) is 5.37. The summed E-state index contributed by atoms with van der Waals surface area (Å²) >= 11 is 0. The third kappa shape index (κ3) is 4.17. The Morgan fingerprint density at radius 2 is 1.44 bits per heavy atom. The first kappa shape index (κ1) is 18.1. The minimum Gasteiger partial charge on any atom is -0.361 e. The van der Waals surface area contributed by atoms with Crippen LogP contribution >= 0.6 is 0 Å². The molecular formula is C21H22F3N3. The van der Waals surface area contributed by atoms with Crippen LogP contribution in [0.1, 0.15) is 16.7 Å². The van der Waals surface area contributed by atoms with E-state index in [0.29, 0.717) is 6.54 Å². The van der Waals surface area contributed by atoms with Crippen LogP contribution in [0, 0.1) is 0 Å². The lowest BCUT2D eigenvalue weighted by Crippen LogP contribution is -2.45. The maximum atomic E-state index is 12.7. The number of aromatic nitrogens is 1. The van der Waals surface area contributed by atoms with Gasteiger partial charge in [0.2, 0.25) is 0 Å². The van der Waals surface area contributed by atoms with E-state index >= 15 is 0 Å². The van der Waals surface area contributed by atoms with E-state index in [4.69, 9.17) is 0 Å². The van der Waals surface area contributed by atoms with E-state index in [0.717, 1.165) is 43.8 Å². The number of aromatic amines is 1. The second kappa shape index (κ2) is 7.37. The number of rotatable bonds is 4. The van der Waals surface area contributed by atoms with Gasteiger partial charge in [-0.1, -0.05) is 30.3 Å². The zero-order valence-corrected chi connectivity index (χ0v) is 15.0.